The van der Waals surface area contributed by atoms with Gasteiger partial charge in [-0.05, 0) is 25.0 Å². The van der Waals surface area contributed by atoms with E-state index in [1.165, 1.54) is 10.5 Å². The largest absolute Gasteiger partial charge is 0.260 e. The van der Waals surface area contributed by atoms with Crippen molar-refractivity contribution in [2.75, 3.05) is 0 Å². The Bertz CT molecular complexity index is 699. The van der Waals surface area contributed by atoms with Crippen LogP contribution in [0.1, 0.15) is 18.5 Å². The van der Waals surface area contributed by atoms with Crippen molar-refractivity contribution in [3.8, 4) is 0 Å². The summed E-state index contributed by atoms with van der Waals surface area (Å²) >= 11 is 6.72. The number of pyridine rings is 1. The third-order valence-electron chi connectivity index (χ3n) is 3.02. The second kappa shape index (κ2) is 5.40. The molecule has 20 heavy (non-hydrogen) atoms. The standard InChI is InChI=1S/C12H12ClN3O2S2/c13-12-15-7-11(19-12)20(17,18)16(10-4-5-10)8-9-3-1-2-6-14-9/h1-3,6-7,10H,4-5,8H2. The predicted molar refractivity (Wildman–Crippen MR) is 77.1 cm³/mol. The van der Waals surface area contributed by atoms with Gasteiger partial charge in [0, 0.05) is 12.2 Å². The normalized spacial score (nSPS) is 15.7. The fourth-order valence-electron chi connectivity index (χ4n) is 1.90. The summed E-state index contributed by atoms with van der Waals surface area (Å²) in [7, 11) is -3.55. The number of aromatic nitrogens is 2. The number of hydrogen-bond donors (Lipinski definition) is 0. The van der Waals surface area contributed by atoms with E-state index < -0.39 is 10.0 Å². The average molecular weight is 330 g/mol. The molecule has 5 nitrogen and oxygen atoms in total. The molecule has 106 valence electrons. The number of halogens is 1. The minimum absolute atomic E-state index is 0.0582. The first kappa shape index (κ1) is 13.9. The van der Waals surface area contributed by atoms with Crippen LogP contribution in [0.25, 0.3) is 0 Å². The molecule has 2 aromatic heterocycles. The Morgan fingerprint density at radius 2 is 2.15 bits per heavy atom. The van der Waals surface area contributed by atoms with Crippen molar-refractivity contribution in [2.24, 2.45) is 0 Å². The van der Waals surface area contributed by atoms with E-state index in [2.05, 4.69) is 9.97 Å². The molecule has 0 saturated heterocycles. The van der Waals surface area contributed by atoms with Crippen LogP contribution in [0, 0.1) is 0 Å². The first-order valence-electron chi connectivity index (χ1n) is 6.10. The minimum atomic E-state index is -3.55. The maximum Gasteiger partial charge on any atom is 0.254 e. The summed E-state index contributed by atoms with van der Waals surface area (Å²) < 4.78 is 27.2. The van der Waals surface area contributed by atoms with Gasteiger partial charge in [-0.25, -0.2) is 13.4 Å². The van der Waals surface area contributed by atoms with E-state index in [1.807, 2.05) is 18.2 Å². The van der Waals surface area contributed by atoms with Crippen LogP contribution in [-0.2, 0) is 16.6 Å². The van der Waals surface area contributed by atoms with Gasteiger partial charge in [-0.2, -0.15) is 4.31 Å². The van der Waals surface area contributed by atoms with E-state index in [0.29, 0.717) is 0 Å². The van der Waals surface area contributed by atoms with Crippen molar-refractivity contribution >= 4 is 33.0 Å². The smallest absolute Gasteiger partial charge is 0.254 e. The highest BCUT2D eigenvalue weighted by Crippen LogP contribution is 2.35. The molecule has 0 aromatic carbocycles. The molecule has 8 heteroatoms. The molecule has 2 aromatic rings. The number of hydrogen-bond acceptors (Lipinski definition) is 5. The molecule has 0 aliphatic heterocycles. The summed E-state index contributed by atoms with van der Waals surface area (Å²) in [6.45, 7) is 0.281. The van der Waals surface area contributed by atoms with Gasteiger partial charge in [0.25, 0.3) is 10.0 Å². The topological polar surface area (TPSA) is 63.2 Å². The van der Waals surface area contributed by atoms with Crippen LogP contribution in [-0.4, -0.2) is 28.7 Å². The zero-order valence-corrected chi connectivity index (χ0v) is 12.8. The Hall–Kier alpha value is -1.02. The molecule has 1 saturated carbocycles. The van der Waals surface area contributed by atoms with E-state index in [4.69, 9.17) is 11.6 Å². The molecule has 0 spiro atoms. The van der Waals surface area contributed by atoms with Crippen molar-refractivity contribution in [3.05, 3.63) is 40.8 Å². The molecule has 0 unspecified atom stereocenters. The van der Waals surface area contributed by atoms with Crippen LogP contribution in [0.4, 0.5) is 0 Å². The number of thiazole rings is 1. The fourth-order valence-corrected chi connectivity index (χ4v) is 4.98. The molecule has 3 rings (SSSR count). The Labute approximate surface area is 126 Å². The molecule has 0 radical (unpaired) electrons. The van der Waals surface area contributed by atoms with Gasteiger partial charge in [0.1, 0.15) is 0 Å². The molecular formula is C12H12ClN3O2S2. The molecule has 0 bridgehead atoms. The van der Waals surface area contributed by atoms with Crippen LogP contribution in [0.5, 0.6) is 0 Å². The van der Waals surface area contributed by atoms with E-state index in [0.717, 1.165) is 29.9 Å². The van der Waals surface area contributed by atoms with Gasteiger partial charge in [-0.3, -0.25) is 4.98 Å². The average Bonchev–Trinajstić information content (AvgIpc) is 3.17. The first-order chi connectivity index (χ1) is 9.57. The molecular weight excluding hydrogens is 318 g/mol. The third kappa shape index (κ3) is 2.85. The highest BCUT2D eigenvalue weighted by molar-refractivity contribution is 7.91. The zero-order valence-electron chi connectivity index (χ0n) is 10.4. The van der Waals surface area contributed by atoms with Crippen LogP contribution in [0.2, 0.25) is 4.47 Å². The summed E-state index contributed by atoms with van der Waals surface area (Å²) in [6.07, 6.45) is 4.75. The Balaban J connectivity index is 1.91. The molecule has 1 aliphatic carbocycles. The van der Waals surface area contributed by atoms with Gasteiger partial charge in [-0.15, -0.1) is 0 Å². The highest BCUT2D eigenvalue weighted by atomic mass is 35.5. The number of rotatable bonds is 5. The van der Waals surface area contributed by atoms with Crippen molar-refractivity contribution in [1.82, 2.24) is 14.3 Å². The van der Waals surface area contributed by atoms with Crippen molar-refractivity contribution < 1.29 is 8.42 Å². The first-order valence-corrected chi connectivity index (χ1v) is 8.74. The number of nitrogens with zero attached hydrogens (tertiary/aromatic N) is 3. The molecule has 0 amide bonds. The van der Waals surface area contributed by atoms with Crippen molar-refractivity contribution in [3.63, 3.8) is 0 Å². The lowest BCUT2D eigenvalue weighted by Crippen LogP contribution is -2.32. The Morgan fingerprint density at radius 3 is 2.70 bits per heavy atom. The second-order valence-corrected chi connectivity index (χ2v) is 8.26. The second-order valence-electron chi connectivity index (χ2n) is 4.53. The van der Waals surface area contributed by atoms with E-state index in [1.54, 1.807) is 6.20 Å². The van der Waals surface area contributed by atoms with Crippen LogP contribution >= 0.6 is 22.9 Å². The molecule has 0 N–H and O–H groups in total. The van der Waals surface area contributed by atoms with Crippen molar-refractivity contribution in [2.45, 2.75) is 29.6 Å². The summed E-state index contributed by atoms with van der Waals surface area (Å²) in [5.74, 6) is 0. The van der Waals surface area contributed by atoms with Crippen LogP contribution < -0.4 is 0 Å². The van der Waals surface area contributed by atoms with Crippen LogP contribution in [0.15, 0.2) is 34.8 Å². The predicted octanol–water partition coefficient (Wildman–Crippen LogP) is 2.54. The monoisotopic (exact) mass is 329 g/mol. The van der Waals surface area contributed by atoms with Gasteiger partial charge >= 0.3 is 0 Å². The summed E-state index contributed by atoms with van der Waals surface area (Å²) in [5, 5.41) is 0. The summed E-state index contributed by atoms with van der Waals surface area (Å²) in [4.78, 5) is 8.01. The molecule has 2 heterocycles. The minimum Gasteiger partial charge on any atom is -0.260 e. The van der Waals surface area contributed by atoms with E-state index in [9.17, 15) is 8.42 Å². The lowest BCUT2D eigenvalue weighted by Gasteiger charge is -2.20. The Morgan fingerprint density at radius 1 is 1.35 bits per heavy atom. The lowest BCUT2D eigenvalue weighted by molar-refractivity contribution is 0.395. The van der Waals surface area contributed by atoms with E-state index >= 15 is 0 Å². The SMILES string of the molecule is O=S(=O)(c1cnc(Cl)s1)N(Cc1ccccn1)C1CC1. The van der Waals surface area contributed by atoms with Gasteiger partial charge < -0.3 is 0 Å². The lowest BCUT2D eigenvalue weighted by atomic mass is 10.3. The zero-order chi connectivity index (χ0) is 14.2. The van der Waals surface area contributed by atoms with Crippen LogP contribution in [0.3, 0.4) is 0 Å². The molecule has 1 fully saturated rings. The molecule has 1 aliphatic rings. The van der Waals surface area contributed by atoms with E-state index in [-0.39, 0.29) is 21.3 Å². The highest BCUT2D eigenvalue weighted by Gasteiger charge is 2.39. The summed E-state index contributed by atoms with van der Waals surface area (Å²) in [5.41, 5.74) is 0.735. The van der Waals surface area contributed by atoms with Gasteiger partial charge in [0.15, 0.2) is 8.68 Å². The van der Waals surface area contributed by atoms with Gasteiger partial charge in [-0.1, -0.05) is 29.0 Å². The maximum absolute atomic E-state index is 12.6. The summed E-state index contributed by atoms with van der Waals surface area (Å²) in [6, 6.07) is 5.54. The third-order valence-corrected chi connectivity index (χ3v) is 6.47. The Kier molecular flexibility index (Phi) is 3.76. The number of sulfonamides is 1. The fraction of sp³-hybridized carbons (Fsp3) is 0.333. The quantitative estimate of drug-likeness (QED) is 0.845. The van der Waals surface area contributed by atoms with Gasteiger partial charge in [0.05, 0.1) is 18.4 Å². The van der Waals surface area contributed by atoms with Gasteiger partial charge in [0.2, 0.25) is 0 Å². The molecule has 0 atom stereocenters. The van der Waals surface area contributed by atoms with Crippen molar-refractivity contribution in [1.29, 1.82) is 0 Å². The maximum atomic E-state index is 12.6.